The van der Waals surface area contributed by atoms with Crippen LogP contribution in [0.5, 0.6) is 11.5 Å². The highest BCUT2D eigenvalue weighted by Crippen LogP contribution is 2.33. The molecule has 0 spiro atoms. The molecule has 2 rings (SSSR count). The Labute approximate surface area is 167 Å². The molecule has 0 fully saturated rings. The predicted octanol–water partition coefficient (Wildman–Crippen LogP) is 7.52. The minimum Gasteiger partial charge on any atom is -0.493 e. The van der Waals surface area contributed by atoms with Gasteiger partial charge >= 0.3 is 0 Å². The van der Waals surface area contributed by atoms with Crippen molar-refractivity contribution < 1.29 is 9.47 Å². The first-order valence-corrected chi connectivity index (χ1v) is 11.3. The van der Waals surface area contributed by atoms with Gasteiger partial charge in [-0.3, -0.25) is 0 Å². The highest BCUT2D eigenvalue weighted by Gasteiger charge is 2.07. The van der Waals surface area contributed by atoms with Crippen molar-refractivity contribution in [2.75, 3.05) is 18.5 Å². The normalized spacial score (nSPS) is 11.0. The lowest BCUT2D eigenvalue weighted by molar-refractivity contribution is 0.302. The fourth-order valence-electron chi connectivity index (χ4n) is 3.12. The molecule has 2 nitrogen and oxygen atoms in total. The molecule has 0 aliphatic carbocycles. The first kappa shape index (κ1) is 21.1. The smallest absolute Gasteiger partial charge is 0.127 e. The molecule has 0 atom stereocenters. The predicted molar refractivity (Wildman–Crippen MR) is 116 cm³/mol. The zero-order chi connectivity index (χ0) is 18.5. The van der Waals surface area contributed by atoms with E-state index in [1.165, 1.54) is 44.9 Å². The number of ether oxygens (including phenoxy) is 2. The van der Waals surface area contributed by atoms with Gasteiger partial charge in [0.05, 0.1) is 13.2 Å². The van der Waals surface area contributed by atoms with E-state index in [0.717, 1.165) is 53.7 Å². The summed E-state index contributed by atoms with van der Waals surface area (Å²) in [5.74, 6) is 1.94. The van der Waals surface area contributed by atoms with E-state index < -0.39 is 0 Å². The average Bonchev–Trinajstić information content (AvgIpc) is 2.68. The van der Waals surface area contributed by atoms with E-state index in [1.807, 2.05) is 0 Å². The second-order valence-corrected chi connectivity index (χ2v) is 7.61. The van der Waals surface area contributed by atoms with Crippen molar-refractivity contribution >= 4 is 26.7 Å². The van der Waals surface area contributed by atoms with Gasteiger partial charge in [0.15, 0.2) is 0 Å². The lowest BCUT2D eigenvalue weighted by Crippen LogP contribution is -2.00. The summed E-state index contributed by atoms with van der Waals surface area (Å²) in [6.07, 6.45) is 11.2. The van der Waals surface area contributed by atoms with Crippen LogP contribution in [0.1, 0.15) is 64.7 Å². The van der Waals surface area contributed by atoms with Crippen molar-refractivity contribution in [1.29, 1.82) is 0 Å². The van der Waals surface area contributed by atoms with E-state index in [1.54, 1.807) is 0 Å². The zero-order valence-corrected chi connectivity index (χ0v) is 17.7. The number of halogens is 1. The van der Waals surface area contributed by atoms with Crippen molar-refractivity contribution in [3.05, 3.63) is 36.4 Å². The number of rotatable bonds is 14. The Morgan fingerprint density at radius 3 is 1.69 bits per heavy atom. The van der Waals surface area contributed by atoms with Crippen LogP contribution in [0.25, 0.3) is 10.8 Å². The summed E-state index contributed by atoms with van der Waals surface area (Å²) in [4.78, 5) is 0. The van der Waals surface area contributed by atoms with Gasteiger partial charge in [-0.2, -0.15) is 0 Å². The molecule has 0 aliphatic heterocycles. The first-order valence-electron chi connectivity index (χ1n) is 10.2. The lowest BCUT2D eigenvalue weighted by atomic mass is 10.1. The van der Waals surface area contributed by atoms with Gasteiger partial charge in [0.2, 0.25) is 0 Å². The molecule has 0 radical (unpaired) electrons. The maximum absolute atomic E-state index is 6.08. The van der Waals surface area contributed by atoms with Gasteiger partial charge in [-0.15, -0.1) is 0 Å². The third kappa shape index (κ3) is 7.19. The molecule has 0 aromatic heterocycles. The number of hydrogen-bond acceptors (Lipinski definition) is 2. The monoisotopic (exact) mass is 420 g/mol. The quantitative estimate of drug-likeness (QED) is 0.232. The van der Waals surface area contributed by atoms with E-state index >= 15 is 0 Å². The Morgan fingerprint density at radius 2 is 1.15 bits per heavy atom. The molecule has 0 unspecified atom stereocenters. The Morgan fingerprint density at radius 1 is 0.654 bits per heavy atom. The van der Waals surface area contributed by atoms with Crippen LogP contribution in [0.3, 0.4) is 0 Å². The molecular formula is C23H33BrO2. The molecule has 0 heterocycles. The third-order valence-electron chi connectivity index (χ3n) is 4.64. The Balaban J connectivity index is 1.84. The van der Waals surface area contributed by atoms with E-state index in [0.29, 0.717) is 0 Å². The largest absolute Gasteiger partial charge is 0.493 e. The van der Waals surface area contributed by atoms with Gasteiger partial charge < -0.3 is 9.47 Å². The molecule has 2 aromatic rings. The van der Waals surface area contributed by atoms with Crippen molar-refractivity contribution in [3.8, 4) is 11.5 Å². The lowest BCUT2D eigenvalue weighted by Gasteiger charge is -2.13. The van der Waals surface area contributed by atoms with E-state index in [4.69, 9.17) is 9.47 Å². The first-order chi connectivity index (χ1) is 12.9. The summed E-state index contributed by atoms with van der Waals surface area (Å²) < 4.78 is 12.1. The van der Waals surface area contributed by atoms with E-state index in [9.17, 15) is 0 Å². The minimum absolute atomic E-state index is 0.785. The Hall–Kier alpha value is -1.22. The molecular weight excluding hydrogens is 388 g/mol. The van der Waals surface area contributed by atoms with Crippen LogP contribution >= 0.6 is 15.9 Å². The van der Waals surface area contributed by atoms with Crippen molar-refractivity contribution in [2.24, 2.45) is 0 Å². The molecule has 26 heavy (non-hydrogen) atoms. The van der Waals surface area contributed by atoms with Crippen LogP contribution < -0.4 is 9.47 Å². The standard InChI is InChI=1S/C23H33BrO2/c1-2-3-11-18-25-22-15-16-23(21-14-9-8-13-20(21)22)26-19-12-7-5-4-6-10-17-24/h8-9,13-16H,2-7,10-12,17-19H2,1H3. The second-order valence-electron chi connectivity index (χ2n) is 6.82. The molecule has 0 aliphatic rings. The summed E-state index contributed by atoms with van der Waals surface area (Å²) in [6.45, 7) is 3.79. The van der Waals surface area contributed by atoms with Crippen LogP contribution in [0, 0.1) is 0 Å². The number of alkyl halides is 1. The SMILES string of the molecule is CCCCCOc1ccc(OCCCCCCCCBr)c2ccccc12. The molecule has 144 valence electrons. The summed E-state index contributed by atoms with van der Waals surface area (Å²) >= 11 is 3.49. The number of fused-ring (bicyclic) bond motifs is 1. The van der Waals surface area contributed by atoms with Crippen LogP contribution in [-0.2, 0) is 0 Å². The summed E-state index contributed by atoms with van der Waals surface area (Å²) in [5, 5.41) is 3.43. The van der Waals surface area contributed by atoms with Crippen LogP contribution in [0.15, 0.2) is 36.4 Å². The summed E-state index contributed by atoms with van der Waals surface area (Å²) in [6, 6.07) is 12.5. The van der Waals surface area contributed by atoms with E-state index in [2.05, 4.69) is 59.3 Å². The maximum Gasteiger partial charge on any atom is 0.127 e. The van der Waals surface area contributed by atoms with Gasteiger partial charge in [-0.25, -0.2) is 0 Å². The van der Waals surface area contributed by atoms with Crippen molar-refractivity contribution in [3.63, 3.8) is 0 Å². The molecule has 0 bridgehead atoms. The average molecular weight is 421 g/mol. The number of hydrogen-bond donors (Lipinski definition) is 0. The highest BCUT2D eigenvalue weighted by atomic mass is 79.9. The van der Waals surface area contributed by atoms with Crippen LogP contribution in [-0.4, -0.2) is 18.5 Å². The zero-order valence-electron chi connectivity index (χ0n) is 16.1. The van der Waals surface area contributed by atoms with Gasteiger partial charge in [0, 0.05) is 16.1 Å². The van der Waals surface area contributed by atoms with Gasteiger partial charge in [-0.1, -0.05) is 85.6 Å². The molecule has 0 saturated carbocycles. The molecule has 0 amide bonds. The molecule has 3 heteroatoms. The fraction of sp³-hybridized carbons (Fsp3) is 0.565. The van der Waals surface area contributed by atoms with Gasteiger partial charge in [-0.05, 0) is 31.4 Å². The summed E-state index contributed by atoms with van der Waals surface area (Å²) in [5.41, 5.74) is 0. The second kappa shape index (κ2) is 13.0. The molecule has 0 saturated heterocycles. The molecule has 0 N–H and O–H groups in total. The Kier molecular flexibility index (Phi) is 10.6. The maximum atomic E-state index is 6.08. The van der Waals surface area contributed by atoms with Gasteiger partial charge in [0.1, 0.15) is 11.5 Å². The van der Waals surface area contributed by atoms with Crippen molar-refractivity contribution in [2.45, 2.75) is 64.7 Å². The fourth-order valence-corrected chi connectivity index (χ4v) is 3.51. The Bertz CT molecular complexity index is 627. The summed E-state index contributed by atoms with van der Waals surface area (Å²) in [7, 11) is 0. The van der Waals surface area contributed by atoms with Crippen LogP contribution in [0.2, 0.25) is 0 Å². The highest BCUT2D eigenvalue weighted by molar-refractivity contribution is 9.09. The van der Waals surface area contributed by atoms with Crippen molar-refractivity contribution in [1.82, 2.24) is 0 Å². The third-order valence-corrected chi connectivity index (χ3v) is 5.20. The molecule has 2 aromatic carbocycles. The number of unbranched alkanes of at least 4 members (excludes halogenated alkanes) is 7. The van der Waals surface area contributed by atoms with E-state index in [-0.39, 0.29) is 0 Å². The van der Waals surface area contributed by atoms with Crippen LogP contribution in [0.4, 0.5) is 0 Å². The number of benzene rings is 2. The minimum atomic E-state index is 0.785. The van der Waals surface area contributed by atoms with Gasteiger partial charge in [0.25, 0.3) is 0 Å². The topological polar surface area (TPSA) is 18.5 Å².